The van der Waals surface area contributed by atoms with E-state index < -0.39 is 18.2 Å². The molecule has 0 aromatic rings. The first-order chi connectivity index (χ1) is 13.2. The summed E-state index contributed by atoms with van der Waals surface area (Å²) in [6, 6.07) is 0. The van der Waals surface area contributed by atoms with Crippen LogP contribution in [0, 0.1) is 11.3 Å². The number of carbonyl (C=O) groups is 1. The lowest BCUT2D eigenvalue weighted by atomic mass is 9.82. The van der Waals surface area contributed by atoms with Gasteiger partial charge in [-0.3, -0.25) is 4.79 Å². The molecule has 0 amide bonds. The number of unbranched alkanes of at least 4 members (excludes halogenated alkanes) is 5. The van der Waals surface area contributed by atoms with Crippen LogP contribution >= 0.6 is 0 Å². The van der Waals surface area contributed by atoms with Crippen LogP contribution < -0.4 is 0 Å². The molecule has 0 radical (unpaired) electrons. The van der Waals surface area contributed by atoms with Gasteiger partial charge in [0.05, 0.1) is 12.2 Å². The van der Waals surface area contributed by atoms with Crippen molar-refractivity contribution in [1.29, 1.82) is 0 Å². The van der Waals surface area contributed by atoms with Crippen LogP contribution in [0.2, 0.25) is 0 Å². The Kier molecular flexibility index (Phi) is 11.1. The molecule has 1 rings (SSSR count). The van der Waals surface area contributed by atoms with Gasteiger partial charge in [-0.05, 0) is 37.5 Å². The van der Waals surface area contributed by atoms with Crippen LogP contribution in [0.4, 0.5) is 0 Å². The van der Waals surface area contributed by atoms with Crippen LogP contribution in [0.1, 0.15) is 98.3 Å². The molecule has 0 saturated carbocycles. The Labute approximate surface area is 171 Å². The summed E-state index contributed by atoms with van der Waals surface area (Å²) in [6.07, 6.45) is 12.7. The number of aliphatic hydroxyl groups is 2. The number of carboxylic acid groups (broad SMARTS) is 1. The van der Waals surface area contributed by atoms with Gasteiger partial charge in [0.2, 0.25) is 0 Å². The predicted molar refractivity (Wildman–Crippen MR) is 115 cm³/mol. The second-order valence-electron chi connectivity index (χ2n) is 9.31. The standard InChI is InChI=1S/C24H42O4/c1-5-6-9-12-18(25)15-16-20-19(13-10-7-8-11-14-23(27)28)21(17-22(20)26)24(2,3)4/h15-16,18,20,22,25-26H,5-14,17H2,1-4H3,(H,27,28)/t18-,20+,22+/m0/s1. The molecular weight excluding hydrogens is 352 g/mol. The summed E-state index contributed by atoms with van der Waals surface area (Å²) in [5.74, 6) is -0.728. The van der Waals surface area contributed by atoms with Gasteiger partial charge >= 0.3 is 5.97 Å². The Bertz CT molecular complexity index is 527. The third-order valence-corrected chi connectivity index (χ3v) is 5.75. The van der Waals surface area contributed by atoms with Crippen LogP contribution in [0.15, 0.2) is 23.3 Å². The Balaban J connectivity index is 2.71. The summed E-state index contributed by atoms with van der Waals surface area (Å²) in [4.78, 5) is 10.6. The molecule has 0 heterocycles. The molecular formula is C24H42O4. The van der Waals surface area contributed by atoms with E-state index in [9.17, 15) is 15.0 Å². The van der Waals surface area contributed by atoms with E-state index in [-0.39, 0.29) is 17.8 Å². The molecule has 1 aliphatic carbocycles. The Morgan fingerprint density at radius 3 is 2.43 bits per heavy atom. The highest BCUT2D eigenvalue weighted by molar-refractivity contribution is 5.66. The van der Waals surface area contributed by atoms with Crippen molar-refractivity contribution in [2.75, 3.05) is 0 Å². The zero-order valence-electron chi connectivity index (χ0n) is 18.4. The molecule has 0 saturated heterocycles. The molecule has 0 unspecified atom stereocenters. The molecule has 162 valence electrons. The molecule has 0 bridgehead atoms. The number of hydrogen-bond donors (Lipinski definition) is 3. The number of hydrogen-bond acceptors (Lipinski definition) is 3. The van der Waals surface area contributed by atoms with Crippen molar-refractivity contribution < 1.29 is 20.1 Å². The van der Waals surface area contributed by atoms with Gasteiger partial charge in [-0.2, -0.15) is 0 Å². The molecule has 0 aromatic carbocycles. The minimum atomic E-state index is -0.723. The van der Waals surface area contributed by atoms with E-state index in [1.54, 1.807) is 0 Å². The first kappa shape index (κ1) is 24.9. The maximum Gasteiger partial charge on any atom is 0.303 e. The average Bonchev–Trinajstić information content (AvgIpc) is 2.92. The monoisotopic (exact) mass is 394 g/mol. The van der Waals surface area contributed by atoms with Gasteiger partial charge in [0, 0.05) is 12.3 Å². The van der Waals surface area contributed by atoms with Crippen molar-refractivity contribution in [3.8, 4) is 0 Å². The lowest BCUT2D eigenvalue weighted by Gasteiger charge is -2.23. The lowest BCUT2D eigenvalue weighted by Crippen LogP contribution is -2.15. The molecule has 0 fully saturated rings. The second kappa shape index (κ2) is 12.4. The number of aliphatic hydroxyl groups excluding tert-OH is 2. The fraction of sp³-hybridized carbons (Fsp3) is 0.792. The van der Waals surface area contributed by atoms with Crippen LogP contribution in [-0.2, 0) is 4.79 Å². The maximum absolute atomic E-state index is 10.7. The van der Waals surface area contributed by atoms with E-state index in [0.717, 1.165) is 57.8 Å². The van der Waals surface area contributed by atoms with Gasteiger partial charge in [0.25, 0.3) is 0 Å². The first-order valence-corrected chi connectivity index (χ1v) is 11.2. The highest BCUT2D eigenvalue weighted by Gasteiger charge is 2.36. The largest absolute Gasteiger partial charge is 0.481 e. The Hall–Kier alpha value is -1.13. The molecule has 4 heteroatoms. The highest BCUT2D eigenvalue weighted by Crippen LogP contribution is 2.44. The van der Waals surface area contributed by atoms with Crippen molar-refractivity contribution in [2.24, 2.45) is 11.3 Å². The van der Waals surface area contributed by atoms with Crippen molar-refractivity contribution in [3.05, 3.63) is 23.3 Å². The number of rotatable bonds is 13. The van der Waals surface area contributed by atoms with E-state index in [4.69, 9.17) is 5.11 Å². The topological polar surface area (TPSA) is 77.8 Å². The van der Waals surface area contributed by atoms with Crippen molar-refractivity contribution in [3.63, 3.8) is 0 Å². The lowest BCUT2D eigenvalue weighted by molar-refractivity contribution is -0.137. The maximum atomic E-state index is 10.7. The fourth-order valence-corrected chi connectivity index (χ4v) is 4.14. The van der Waals surface area contributed by atoms with Crippen molar-refractivity contribution in [2.45, 2.75) is 111 Å². The average molecular weight is 395 g/mol. The Morgan fingerprint density at radius 2 is 1.82 bits per heavy atom. The SMILES string of the molecule is CCCCC[C@H](O)C=C[C@@H]1C(CCCCCCC(=O)O)=C(C(C)(C)C)C[C@H]1O. The van der Waals surface area contributed by atoms with Gasteiger partial charge in [-0.1, -0.05) is 83.1 Å². The Morgan fingerprint density at radius 1 is 1.14 bits per heavy atom. The van der Waals surface area contributed by atoms with E-state index in [1.807, 2.05) is 12.2 Å². The zero-order chi connectivity index (χ0) is 21.2. The van der Waals surface area contributed by atoms with Crippen molar-refractivity contribution >= 4 is 5.97 Å². The summed E-state index contributed by atoms with van der Waals surface area (Å²) in [7, 11) is 0. The molecule has 28 heavy (non-hydrogen) atoms. The molecule has 3 atom stereocenters. The van der Waals surface area contributed by atoms with Gasteiger partial charge in [0.1, 0.15) is 0 Å². The first-order valence-electron chi connectivity index (χ1n) is 11.2. The van der Waals surface area contributed by atoms with Gasteiger partial charge < -0.3 is 15.3 Å². The minimum Gasteiger partial charge on any atom is -0.481 e. The summed E-state index contributed by atoms with van der Waals surface area (Å²) in [6.45, 7) is 8.76. The molecule has 0 aromatic heterocycles. The zero-order valence-corrected chi connectivity index (χ0v) is 18.4. The quantitative estimate of drug-likeness (QED) is 0.279. The number of carboxylic acids is 1. The highest BCUT2D eigenvalue weighted by atomic mass is 16.4. The van der Waals surface area contributed by atoms with E-state index in [1.165, 1.54) is 11.1 Å². The predicted octanol–water partition coefficient (Wildman–Crippen LogP) is 5.63. The van der Waals surface area contributed by atoms with Gasteiger partial charge in [0.15, 0.2) is 0 Å². The third-order valence-electron chi connectivity index (χ3n) is 5.75. The third kappa shape index (κ3) is 8.91. The van der Waals surface area contributed by atoms with Crippen LogP contribution in [0.25, 0.3) is 0 Å². The summed E-state index contributed by atoms with van der Waals surface area (Å²) in [5.41, 5.74) is 2.71. The molecule has 0 aliphatic heterocycles. The van der Waals surface area contributed by atoms with Crippen LogP contribution in [-0.4, -0.2) is 33.5 Å². The smallest absolute Gasteiger partial charge is 0.303 e. The summed E-state index contributed by atoms with van der Waals surface area (Å²) in [5, 5.41) is 29.6. The van der Waals surface area contributed by atoms with Crippen molar-refractivity contribution in [1.82, 2.24) is 0 Å². The summed E-state index contributed by atoms with van der Waals surface area (Å²) < 4.78 is 0. The summed E-state index contributed by atoms with van der Waals surface area (Å²) >= 11 is 0. The van der Waals surface area contributed by atoms with Crippen LogP contribution in [0.5, 0.6) is 0 Å². The normalized spacial score (nSPS) is 21.6. The second-order valence-corrected chi connectivity index (χ2v) is 9.31. The van der Waals surface area contributed by atoms with Gasteiger partial charge in [-0.15, -0.1) is 0 Å². The van der Waals surface area contributed by atoms with E-state index in [0.29, 0.717) is 6.42 Å². The molecule has 0 spiro atoms. The van der Waals surface area contributed by atoms with E-state index in [2.05, 4.69) is 27.7 Å². The van der Waals surface area contributed by atoms with E-state index >= 15 is 0 Å². The number of aliphatic carboxylic acids is 1. The van der Waals surface area contributed by atoms with Crippen LogP contribution in [0.3, 0.4) is 0 Å². The van der Waals surface area contributed by atoms with Gasteiger partial charge in [-0.25, -0.2) is 0 Å². The minimum absolute atomic E-state index is 0.00549. The fourth-order valence-electron chi connectivity index (χ4n) is 4.14. The molecule has 4 nitrogen and oxygen atoms in total. The molecule has 3 N–H and O–H groups in total. The molecule has 1 aliphatic rings.